The van der Waals surface area contributed by atoms with E-state index in [1.54, 1.807) is 19.2 Å². The minimum absolute atomic E-state index is 0.243. The van der Waals surface area contributed by atoms with Gasteiger partial charge in [0.1, 0.15) is 5.69 Å². The molecule has 0 bridgehead atoms. The molecule has 5 nitrogen and oxygen atoms in total. The van der Waals surface area contributed by atoms with Gasteiger partial charge in [0.25, 0.3) is 0 Å². The number of rotatable bonds is 2. The van der Waals surface area contributed by atoms with E-state index < -0.39 is 0 Å². The summed E-state index contributed by atoms with van der Waals surface area (Å²) in [5, 5.41) is 7.44. The van der Waals surface area contributed by atoms with Crippen LogP contribution in [0.1, 0.15) is 16.2 Å². The van der Waals surface area contributed by atoms with Gasteiger partial charge in [-0.3, -0.25) is 4.79 Å². The van der Waals surface area contributed by atoms with Crippen LogP contribution in [0.2, 0.25) is 0 Å². The minimum Gasteiger partial charge on any atom is -0.446 e. The molecule has 0 saturated heterocycles. The molecule has 0 saturated carbocycles. The van der Waals surface area contributed by atoms with Crippen LogP contribution in [0.3, 0.4) is 0 Å². The highest BCUT2D eigenvalue weighted by atomic mass is 79.9. The third kappa shape index (κ3) is 1.89. The number of hydrogen-bond donors (Lipinski definition) is 0. The van der Waals surface area contributed by atoms with E-state index in [9.17, 15) is 4.79 Å². The third-order valence-electron chi connectivity index (χ3n) is 1.80. The van der Waals surface area contributed by atoms with Crippen molar-refractivity contribution < 1.29 is 9.21 Å². The Labute approximate surface area is 102 Å². The van der Waals surface area contributed by atoms with Crippen LogP contribution < -0.4 is 0 Å². The molecular formula is C8H5Br2N3O2. The lowest BCUT2D eigenvalue weighted by atomic mass is 10.2. The SMILES string of the molecule is Cn1nnc(Br)c1C(=O)c1ccc(Br)o1. The van der Waals surface area contributed by atoms with Crippen molar-refractivity contribution in [2.75, 3.05) is 0 Å². The molecule has 0 aliphatic heterocycles. The van der Waals surface area contributed by atoms with Crippen molar-refractivity contribution in [1.82, 2.24) is 15.0 Å². The fourth-order valence-electron chi connectivity index (χ4n) is 1.13. The second-order valence-corrected chi connectivity index (χ2v) is 4.32. The molecule has 0 aliphatic rings. The Balaban J connectivity index is 2.45. The van der Waals surface area contributed by atoms with Crippen LogP contribution in [0.15, 0.2) is 25.8 Å². The largest absolute Gasteiger partial charge is 0.446 e. The van der Waals surface area contributed by atoms with Crippen molar-refractivity contribution in [3.05, 3.63) is 32.9 Å². The van der Waals surface area contributed by atoms with Crippen molar-refractivity contribution in [3.8, 4) is 0 Å². The molecule has 0 unspecified atom stereocenters. The van der Waals surface area contributed by atoms with E-state index in [2.05, 4.69) is 42.2 Å². The Kier molecular flexibility index (Phi) is 2.74. The zero-order valence-electron chi connectivity index (χ0n) is 7.57. The molecule has 0 N–H and O–H groups in total. The average molecular weight is 335 g/mol. The lowest BCUT2D eigenvalue weighted by Crippen LogP contribution is -2.07. The van der Waals surface area contributed by atoms with Gasteiger partial charge in [-0.2, -0.15) is 0 Å². The monoisotopic (exact) mass is 333 g/mol. The van der Waals surface area contributed by atoms with Crippen molar-refractivity contribution in [2.24, 2.45) is 7.05 Å². The van der Waals surface area contributed by atoms with Gasteiger partial charge in [0.05, 0.1) is 0 Å². The van der Waals surface area contributed by atoms with Crippen LogP contribution >= 0.6 is 31.9 Å². The molecule has 2 rings (SSSR count). The van der Waals surface area contributed by atoms with Crippen LogP contribution in [0.5, 0.6) is 0 Å². The standard InChI is InChI=1S/C8H5Br2N3O2/c1-13-6(8(10)11-12-13)7(14)4-2-3-5(9)15-4/h2-3H,1H3. The molecule has 0 fully saturated rings. The first-order valence-corrected chi connectivity index (χ1v) is 5.53. The Morgan fingerprint density at radius 3 is 2.67 bits per heavy atom. The molecule has 0 atom stereocenters. The predicted molar refractivity (Wildman–Crippen MR) is 58.5 cm³/mol. The molecule has 7 heteroatoms. The van der Waals surface area contributed by atoms with Crippen LogP contribution in [0.25, 0.3) is 0 Å². The number of hydrogen-bond acceptors (Lipinski definition) is 4. The average Bonchev–Trinajstić information content (AvgIpc) is 2.73. The van der Waals surface area contributed by atoms with Gasteiger partial charge in [0, 0.05) is 7.05 Å². The number of aromatic nitrogens is 3. The highest BCUT2D eigenvalue weighted by Crippen LogP contribution is 2.20. The molecule has 0 radical (unpaired) electrons. The van der Waals surface area contributed by atoms with E-state index in [1.807, 2.05) is 0 Å². The topological polar surface area (TPSA) is 60.9 Å². The summed E-state index contributed by atoms with van der Waals surface area (Å²) in [6.07, 6.45) is 0. The second-order valence-electron chi connectivity index (χ2n) is 2.79. The lowest BCUT2D eigenvalue weighted by molar-refractivity contribution is 0.0998. The van der Waals surface area contributed by atoms with E-state index in [0.717, 1.165) is 0 Å². The first-order chi connectivity index (χ1) is 7.09. The van der Waals surface area contributed by atoms with Gasteiger partial charge < -0.3 is 4.42 Å². The highest BCUT2D eigenvalue weighted by Gasteiger charge is 2.21. The smallest absolute Gasteiger partial charge is 0.249 e. The van der Waals surface area contributed by atoms with E-state index in [4.69, 9.17) is 4.42 Å². The Bertz CT molecular complexity index is 498. The zero-order chi connectivity index (χ0) is 11.0. The molecule has 0 aliphatic carbocycles. The van der Waals surface area contributed by atoms with E-state index in [0.29, 0.717) is 15.0 Å². The maximum absolute atomic E-state index is 11.9. The maximum Gasteiger partial charge on any atom is 0.249 e. The third-order valence-corrected chi connectivity index (χ3v) is 2.76. The zero-order valence-corrected chi connectivity index (χ0v) is 10.7. The Hall–Kier alpha value is -0.950. The van der Waals surface area contributed by atoms with E-state index in [1.165, 1.54) is 4.68 Å². The number of nitrogens with zero attached hydrogens (tertiary/aromatic N) is 3. The fourth-order valence-corrected chi connectivity index (χ4v) is 1.94. The van der Waals surface area contributed by atoms with Gasteiger partial charge in [0.2, 0.25) is 5.78 Å². The second kappa shape index (κ2) is 3.90. The summed E-state index contributed by atoms with van der Waals surface area (Å²) in [7, 11) is 1.64. The summed E-state index contributed by atoms with van der Waals surface area (Å²) in [5.41, 5.74) is 0.358. The summed E-state index contributed by atoms with van der Waals surface area (Å²) in [6.45, 7) is 0. The molecule has 0 amide bonds. The molecule has 0 aromatic carbocycles. The molecular weight excluding hydrogens is 330 g/mol. The van der Waals surface area contributed by atoms with Crippen LogP contribution in [0.4, 0.5) is 0 Å². The molecule has 2 aromatic heterocycles. The first-order valence-electron chi connectivity index (χ1n) is 3.95. The Morgan fingerprint density at radius 1 is 1.47 bits per heavy atom. The number of halogens is 2. The normalized spacial score (nSPS) is 10.6. The Morgan fingerprint density at radius 2 is 2.20 bits per heavy atom. The number of furan rings is 1. The van der Waals surface area contributed by atoms with Gasteiger partial charge in [-0.25, -0.2) is 4.68 Å². The number of carbonyl (C=O) groups is 1. The summed E-state index contributed by atoms with van der Waals surface area (Å²) >= 11 is 6.29. The van der Waals surface area contributed by atoms with Crippen molar-refractivity contribution in [3.63, 3.8) is 0 Å². The van der Waals surface area contributed by atoms with Gasteiger partial charge in [-0.1, -0.05) is 5.21 Å². The van der Waals surface area contributed by atoms with Gasteiger partial charge in [0.15, 0.2) is 15.0 Å². The molecule has 0 spiro atoms. The highest BCUT2D eigenvalue weighted by molar-refractivity contribution is 9.10. The van der Waals surface area contributed by atoms with Crippen molar-refractivity contribution >= 4 is 37.6 Å². The molecule has 78 valence electrons. The number of aryl methyl sites for hydroxylation is 1. The summed E-state index contributed by atoms with van der Waals surface area (Å²) in [6, 6.07) is 3.25. The quantitative estimate of drug-likeness (QED) is 0.790. The number of carbonyl (C=O) groups excluding carboxylic acids is 1. The summed E-state index contributed by atoms with van der Waals surface area (Å²) in [5.74, 6) is -0.0203. The summed E-state index contributed by atoms with van der Waals surface area (Å²) < 4.78 is 7.46. The van der Waals surface area contributed by atoms with Crippen molar-refractivity contribution in [2.45, 2.75) is 0 Å². The first kappa shape index (κ1) is 10.6. The van der Waals surface area contributed by atoms with Crippen molar-refractivity contribution in [1.29, 1.82) is 0 Å². The van der Waals surface area contributed by atoms with Crippen LogP contribution in [0, 0.1) is 0 Å². The minimum atomic E-state index is -0.264. The fraction of sp³-hybridized carbons (Fsp3) is 0.125. The van der Waals surface area contributed by atoms with Gasteiger partial charge in [-0.05, 0) is 44.0 Å². The predicted octanol–water partition coefficient (Wildman–Crippen LogP) is 2.16. The molecule has 2 heterocycles. The van der Waals surface area contributed by atoms with E-state index in [-0.39, 0.29) is 11.5 Å². The number of ketones is 1. The van der Waals surface area contributed by atoms with Crippen LogP contribution in [-0.2, 0) is 7.05 Å². The van der Waals surface area contributed by atoms with Gasteiger partial charge >= 0.3 is 0 Å². The van der Waals surface area contributed by atoms with Crippen LogP contribution in [-0.4, -0.2) is 20.8 Å². The maximum atomic E-state index is 11.9. The van der Waals surface area contributed by atoms with E-state index >= 15 is 0 Å². The molecule has 2 aromatic rings. The lowest BCUT2D eigenvalue weighted by Gasteiger charge is -1.96. The summed E-state index contributed by atoms with van der Waals surface area (Å²) in [4.78, 5) is 11.9. The molecule has 15 heavy (non-hydrogen) atoms. The van der Waals surface area contributed by atoms with Gasteiger partial charge in [-0.15, -0.1) is 5.10 Å².